The van der Waals surface area contributed by atoms with Gasteiger partial charge in [-0.05, 0) is 12.1 Å². The van der Waals surface area contributed by atoms with Crippen LogP contribution in [0, 0.1) is 0 Å². The molecule has 0 saturated heterocycles. The van der Waals surface area contributed by atoms with E-state index in [0.717, 1.165) is 5.69 Å². The number of carbonyl (C=O) groups excluding carboxylic acids is 2. The van der Waals surface area contributed by atoms with Crippen molar-refractivity contribution < 1.29 is 9.59 Å². The summed E-state index contributed by atoms with van der Waals surface area (Å²) in [5.74, 6) is -0.0848. The first kappa shape index (κ1) is 15.5. The Balaban J connectivity index is 2.49. The topological polar surface area (TPSA) is 62.3 Å². The summed E-state index contributed by atoms with van der Waals surface area (Å²) in [7, 11) is 1.71. The highest BCUT2D eigenvalue weighted by atomic mass is 32.1. The maximum atomic E-state index is 12.1. The predicted molar refractivity (Wildman–Crippen MR) is 77.0 cm³/mol. The maximum Gasteiger partial charge on any atom is 0.245 e. The number of nitrogens with one attached hydrogen (secondary N) is 1. The Bertz CT molecular complexity index is 425. The molecule has 1 aromatic rings. The average Bonchev–Trinajstić information content (AvgIpc) is 2.42. The molecule has 1 heterocycles. The van der Waals surface area contributed by atoms with Gasteiger partial charge in [-0.1, -0.05) is 6.07 Å². The number of aromatic nitrogens is 1. The van der Waals surface area contributed by atoms with Gasteiger partial charge < -0.3 is 10.2 Å². The van der Waals surface area contributed by atoms with Crippen molar-refractivity contribution >= 4 is 24.4 Å². The van der Waals surface area contributed by atoms with Gasteiger partial charge in [0.2, 0.25) is 11.8 Å². The number of pyridine rings is 1. The van der Waals surface area contributed by atoms with E-state index >= 15 is 0 Å². The van der Waals surface area contributed by atoms with Crippen LogP contribution in [0.3, 0.4) is 0 Å². The van der Waals surface area contributed by atoms with Crippen molar-refractivity contribution in [3.8, 4) is 0 Å². The van der Waals surface area contributed by atoms with Gasteiger partial charge in [-0.25, -0.2) is 0 Å². The number of carbonyl (C=O) groups is 2. The Morgan fingerprint density at radius 3 is 2.74 bits per heavy atom. The van der Waals surface area contributed by atoms with Crippen LogP contribution in [0.5, 0.6) is 0 Å². The number of likely N-dealkylation sites (N-methyl/N-ethyl adjacent to an activating group) is 1. The number of amides is 2. The van der Waals surface area contributed by atoms with Crippen molar-refractivity contribution in [2.45, 2.75) is 19.4 Å². The Kier molecular flexibility index (Phi) is 6.35. The molecule has 0 aromatic carbocycles. The highest BCUT2D eigenvalue weighted by Crippen LogP contribution is 2.00. The molecule has 0 radical (unpaired) electrons. The molecule has 0 spiro atoms. The Morgan fingerprint density at radius 2 is 2.21 bits per heavy atom. The molecule has 1 aromatic heterocycles. The zero-order valence-corrected chi connectivity index (χ0v) is 12.1. The summed E-state index contributed by atoms with van der Waals surface area (Å²) in [5, 5.41) is 2.59. The molecule has 1 atom stereocenters. The van der Waals surface area contributed by atoms with E-state index in [1.165, 1.54) is 6.92 Å². The number of thiol groups is 1. The van der Waals surface area contributed by atoms with E-state index in [0.29, 0.717) is 13.0 Å². The van der Waals surface area contributed by atoms with Gasteiger partial charge in [-0.2, -0.15) is 12.6 Å². The smallest absolute Gasteiger partial charge is 0.245 e. The van der Waals surface area contributed by atoms with E-state index in [1.54, 1.807) is 18.1 Å². The maximum absolute atomic E-state index is 12.1. The summed E-state index contributed by atoms with van der Waals surface area (Å²) in [6.07, 6.45) is 2.41. The van der Waals surface area contributed by atoms with Gasteiger partial charge in [0, 0.05) is 44.6 Å². The van der Waals surface area contributed by atoms with Gasteiger partial charge in [0.25, 0.3) is 0 Å². The third-order valence-electron chi connectivity index (χ3n) is 2.66. The summed E-state index contributed by atoms with van der Waals surface area (Å²) >= 11 is 4.09. The Morgan fingerprint density at radius 1 is 1.47 bits per heavy atom. The van der Waals surface area contributed by atoms with Gasteiger partial charge in [-0.3, -0.25) is 14.6 Å². The lowest BCUT2D eigenvalue weighted by molar-refractivity contribution is -0.134. The van der Waals surface area contributed by atoms with Crippen molar-refractivity contribution in [2.75, 3.05) is 19.3 Å². The minimum absolute atomic E-state index is 0.138. The standard InChI is InChI=1S/C13H19N3O2S/c1-10(17)15-12(9-19)13(18)16(2)8-6-11-5-3-4-7-14-11/h3-5,7,12,19H,6,8-9H2,1-2H3,(H,15,17). The first-order valence-corrected chi connectivity index (χ1v) is 6.70. The number of rotatable bonds is 6. The molecule has 2 amide bonds. The second kappa shape index (κ2) is 7.78. The lowest BCUT2D eigenvalue weighted by Gasteiger charge is -2.23. The molecule has 0 aliphatic heterocycles. The zero-order valence-electron chi connectivity index (χ0n) is 11.2. The number of hydrogen-bond donors (Lipinski definition) is 2. The van der Waals surface area contributed by atoms with E-state index in [-0.39, 0.29) is 17.6 Å². The van der Waals surface area contributed by atoms with Crippen molar-refractivity contribution in [3.63, 3.8) is 0 Å². The van der Waals surface area contributed by atoms with E-state index in [2.05, 4.69) is 22.9 Å². The first-order valence-electron chi connectivity index (χ1n) is 6.07. The summed E-state index contributed by atoms with van der Waals surface area (Å²) in [4.78, 5) is 28.9. The van der Waals surface area contributed by atoms with E-state index < -0.39 is 6.04 Å². The van der Waals surface area contributed by atoms with Gasteiger partial charge in [0.05, 0.1) is 0 Å². The van der Waals surface area contributed by atoms with Gasteiger partial charge in [-0.15, -0.1) is 0 Å². The first-order chi connectivity index (χ1) is 9.04. The molecule has 0 saturated carbocycles. The zero-order chi connectivity index (χ0) is 14.3. The highest BCUT2D eigenvalue weighted by Gasteiger charge is 2.21. The van der Waals surface area contributed by atoms with Crippen LogP contribution >= 0.6 is 12.6 Å². The minimum Gasteiger partial charge on any atom is -0.344 e. The molecule has 104 valence electrons. The van der Waals surface area contributed by atoms with Gasteiger partial charge >= 0.3 is 0 Å². The number of nitrogens with zero attached hydrogens (tertiary/aromatic N) is 2. The van der Waals surface area contributed by atoms with E-state index in [1.807, 2.05) is 18.2 Å². The van der Waals surface area contributed by atoms with Crippen LogP contribution in [0.15, 0.2) is 24.4 Å². The second-order valence-corrected chi connectivity index (χ2v) is 4.63. The molecule has 0 bridgehead atoms. The highest BCUT2D eigenvalue weighted by molar-refractivity contribution is 7.80. The summed E-state index contributed by atoms with van der Waals surface area (Å²) < 4.78 is 0. The molecule has 5 nitrogen and oxygen atoms in total. The SMILES string of the molecule is CC(=O)NC(CS)C(=O)N(C)CCc1ccccn1. The molecule has 0 aliphatic rings. The van der Waals surface area contributed by atoms with Crippen LogP contribution in [0.1, 0.15) is 12.6 Å². The molecule has 1 unspecified atom stereocenters. The largest absolute Gasteiger partial charge is 0.344 e. The monoisotopic (exact) mass is 281 g/mol. The Hall–Kier alpha value is -1.56. The second-order valence-electron chi connectivity index (χ2n) is 4.27. The third kappa shape index (κ3) is 5.30. The van der Waals surface area contributed by atoms with Crippen LogP contribution in [0.4, 0.5) is 0 Å². The predicted octanol–water partition coefficient (Wildman–Crippen LogP) is 0.517. The molecule has 1 rings (SSSR count). The van der Waals surface area contributed by atoms with Crippen LogP contribution in [0.2, 0.25) is 0 Å². The fraction of sp³-hybridized carbons (Fsp3) is 0.462. The summed E-state index contributed by atoms with van der Waals surface area (Å²) in [5.41, 5.74) is 0.934. The van der Waals surface area contributed by atoms with E-state index in [4.69, 9.17) is 0 Å². The molecule has 0 fully saturated rings. The third-order valence-corrected chi connectivity index (χ3v) is 3.03. The van der Waals surface area contributed by atoms with Crippen LogP contribution in [-0.2, 0) is 16.0 Å². The number of hydrogen-bond acceptors (Lipinski definition) is 4. The van der Waals surface area contributed by atoms with Crippen molar-refractivity contribution in [1.82, 2.24) is 15.2 Å². The van der Waals surface area contributed by atoms with Crippen molar-refractivity contribution in [3.05, 3.63) is 30.1 Å². The molecule has 6 heteroatoms. The fourth-order valence-corrected chi connectivity index (χ4v) is 1.88. The normalized spacial score (nSPS) is 11.7. The Labute approximate surface area is 118 Å². The quantitative estimate of drug-likeness (QED) is 0.747. The van der Waals surface area contributed by atoms with Gasteiger partial charge in [0.15, 0.2) is 0 Å². The van der Waals surface area contributed by atoms with E-state index in [9.17, 15) is 9.59 Å². The minimum atomic E-state index is -0.574. The van der Waals surface area contributed by atoms with Crippen LogP contribution in [0.25, 0.3) is 0 Å². The molecule has 0 aliphatic carbocycles. The molecular weight excluding hydrogens is 262 g/mol. The molecule has 19 heavy (non-hydrogen) atoms. The summed E-state index contributed by atoms with van der Waals surface area (Å²) in [6.45, 7) is 1.94. The lowest BCUT2D eigenvalue weighted by Crippen LogP contribution is -2.48. The summed E-state index contributed by atoms with van der Waals surface area (Å²) in [6, 6.07) is 5.11. The van der Waals surface area contributed by atoms with Crippen molar-refractivity contribution in [2.24, 2.45) is 0 Å². The molecular formula is C13H19N3O2S. The van der Waals surface area contributed by atoms with Crippen LogP contribution in [-0.4, -0.2) is 47.1 Å². The fourth-order valence-electron chi connectivity index (χ4n) is 1.64. The van der Waals surface area contributed by atoms with Crippen molar-refractivity contribution in [1.29, 1.82) is 0 Å². The average molecular weight is 281 g/mol. The van der Waals surface area contributed by atoms with Gasteiger partial charge in [0.1, 0.15) is 6.04 Å². The molecule has 1 N–H and O–H groups in total. The lowest BCUT2D eigenvalue weighted by atomic mass is 10.2. The van der Waals surface area contributed by atoms with Crippen LogP contribution < -0.4 is 5.32 Å².